The predicted octanol–water partition coefficient (Wildman–Crippen LogP) is 2.65. The fraction of sp³-hybridized carbons (Fsp3) is 0.600. The van der Waals surface area contributed by atoms with Gasteiger partial charge < -0.3 is 15.0 Å². The van der Waals surface area contributed by atoms with Crippen LogP contribution in [0.25, 0.3) is 0 Å². The Kier molecular flexibility index (Phi) is 5.03. The molecule has 3 heteroatoms. The number of nitrogens with one attached hydrogen (secondary N) is 1. The van der Waals surface area contributed by atoms with E-state index in [1.165, 1.54) is 11.3 Å². The molecule has 0 amide bonds. The van der Waals surface area contributed by atoms with Crippen LogP contribution in [0.1, 0.15) is 26.3 Å². The molecule has 0 atom stereocenters. The first-order valence-corrected chi connectivity index (χ1v) is 6.44. The van der Waals surface area contributed by atoms with Gasteiger partial charge in [0, 0.05) is 31.4 Å². The summed E-state index contributed by atoms with van der Waals surface area (Å²) >= 11 is 0. The fourth-order valence-electron chi connectivity index (χ4n) is 1.93. The van der Waals surface area contributed by atoms with Gasteiger partial charge in [-0.2, -0.15) is 0 Å². The third kappa shape index (κ3) is 3.64. The van der Waals surface area contributed by atoms with Crippen molar-refractivity contribution in [3.8, 4) is 5.75 Å². The first kappa shape index (κ1) is 14.8. The zero-order chi connectivity index (χ0) is 13.8. The first-order chi connectivity index (χ1) is 8.40. The van der Waals surface area contributed by atoms with Gasteiger partial charge in [0.1, 0.15) is 5.75 Å². The maximum absolute atomic E-state index is 5.46. The van der Waals surface area contributed by atoms with Crippen molar-refractivity contribution in [2.75, 3.05) is 39.2 Å². The van der Waals surface area contributed by atoms with Crippen LogP contribution in [0.15, 0.2) is 18.2 Å². The highest BCUT2D eigenvalue weighted by molar-refractivity contribution is 5.54. The summed E-state index contributed by atoms with van der Waals surface area (Å²) in [5, 5.41) is 3.17. The van der Waals surface area contributed by atoms with Gasteiger partial charge in [-0.1, -0.05) is 20.8 Å². The molecular weight excluding hydrogens is 224 g/mol. The lowest BCUT2D eigenvalue weighted by atomic mass is 9.86. The molecule has 0 heterocycles. The summed E-state index contributed by atoms with van der Waals surface area (Å²) in [6.07, 6.45) is 0. The van der Waals surface area contributed by atoms with Crippen molar-refractivity contribution in [3.63, 3.8) is 0 Å². The minimum atomic E-state index is 0.0885. The summed E-state index contributed by atoms with van der Waals surface area (Å²) in [5.74, 6) is 0.966. The molecule has 1 aromatic rings. The second-order valence-electron chi connectivity index (χ2n) is 5.66. The molecule has 0 radical (unpaired) electrons. The van der Waals surface area contributed by atoms with Gasteiger partial charge in [0.25, 0.3) is 0 Å². The van der Waals surface area contributed by atoms with Crippen LogP contribution in [0.2, 0.25) is 0 Å². The molecule has 0 aliphatic heterocycles. The van der Waals surface area contributed by atoms with Crippen LogP contribution in [0, 0.1) is 0 Å². The SMILES string of the molecule is CNCCN(C)c1ccc(OC)c(C(C)(C)C)c1. The lowest BCUT2D eigenvalue weighted by molar-refractivity contribution is 0.397. The zero-order valence-corrected chi connectivity index (χ0v) is 12.5. The molecule has 0 saturated heterocycles. The summed E-state index contributed by atoms with van der Waals surface area (Å²) in [6, 6.07) is 6.41. The van der Waals surface area contributed by atoms with Crippen molar-refractivity contribution in [1.29, 1.82) is 0 Å². The quantitative estimate of drug-likeness (QED) is 0.869. The molecule has 0 bridgehead atoms. The molecule has 0 saturated carbocycles. The Morgan fingerprint density at radius 3 is 2.44 bits per heavy atom. The predicted molar refractivity (Wildman–Crippen MR) is 78.9 cm³/mol. The van der Waals surface area contributed by atoms with Crippen molar-refractivity contribution in [1.82, 2.24) is 5.32 Å². The number of rotatable bonds is 5. The second kappa shape index (κ2) is 6.10. The Bertz CT molecular complexity index is 383. The van der Waals surface area contributed by atoms with Gasteiger partial charge in [0.2, 0.25) is 0 Å². The Hall–Kier alpha value is -1.22. The molecule has 0 fully saturated rings. The number of likely N-dealkylation sites (N-methyl/N-ethyl adjacent to an activating group) is 2. The molecule has 3 nitrogen and oxygen atoms in total. The topological polar surface area (TPSA) is 24.5 Å². The van der Waals surface area contributed by atoms with Crippen LogP contribution in [-0.2, 0) is 5.41 Å². The van der Waals surface area contributed by atoms with Crippen molar-refractivity contribution in [2.24, 2.45) is 0 Å². The molecule has 1 N–H and O–H groups in total. The van der Waals surface area contributed by atoms with Gasteiger partial charge in [-0.05, 0) is 30.7 Å². The van der Waals surface area contributed by atoms with Gasteiger partial charge in [0.05, 0.1) is 7.11 Å². The maximum Gasteiger partial charge on any atom is 0.122 e. The lowest BCUT2D eigenvalue weighted by Gasteiger charge is -2.26. The minimum absolute atomic E-state index is 0.0885. The van der Waals surface area contributed by atoms with E-state index in [4.69, 9.17) is 4.74 Å². The smallest absolute Gasteiger partial charge is 0.122 e. The first-order valence-electron chi connectivity index (χ1n) is 6.44. The van der Waals surface area contributed by atoms with Crippen LogP contribution in [-0.4, -0.2) is 34.3 Å². The number of benzene rings is 1. The van der Waals surface area contributed by atoms with Crippen molar-refractivity contribution in [3.05, 3.63) is 23.8 Å². The number of nitrogens with zero attached hydrogens (tertiary/aromatic N) is 1. The molecule has 1 aromatic carbocycles. The number of hydrogen-bond acceptors (Lipinski definition) is 3. The molecule has 102 valence electrons. The van der Waals surface area contributed by atoms with Gasteiger partial charge >= 0.3 is 0 Å². The van der Waals surface area contributed by atoms with Crippen LogP contribution >= 0.6 is 0 Å². The van der Waals surface area contributed by atoms with E-state index >= 15 is 0 Å². The highest BCUT2D eigenvalue weighted by Crippen LogP contribution is 2.34. The third-order valence-electron chi connectivity index (χ3n) is 3.13. The van der Waals surface area contributed by atoms with Gasteiger partial charge in [-0.15, -0.1) is 0 Å². The highest BCUT2D eigenvalue weighted by atomic mass is 16.5. The zero-order valence-electron chi connectivity index (χ0n) is 12.5. The van der Waals surface area contributed by atoms with E-state index in [9.17, 15) is 0 Å². The number of hydrogen-bond donors (Lipinski definition) is 1. The summed E-state index contributed by atoms with van der Waals surface area (Å²) in [7, 11) is 5.82. The summed E-state index contributed by atoms with van der Waals surface area (Å²) in [5.41, 5.74) is 2.57. The molecule has 18 heavy (non-hydrogen) atoms. The average molecular weight is 250 g/mol. The summed E-state index contributed by atoms with van der Waals surface area (Å²) < 4.78 is 5.46. The molecular formula is C15H26N2O. The monoisotopic (exact) mass is 250 g/mol. The molecule has 0 aliphatic carbocycles. The van der Waals surface area contributed by atoms with E-state index in [2.05, 4.69) is 56.2 Å². The fourth-order valence-corrected chi connectivity index (χ4v) is 1.93. The van der Waals surface area contributed by atoms with Crippen molar-refractivity contribution >= 4 is 5.69 Å². The van der Waals surface area contributed by atoms with Crippen LogP contribution < -0.4 is 15.0 Å². The van der Waals surface area contributed by atoms with E-state index in [0.29, 0.717) is 0 Å². The summed E-state index contributed by atoms with van der Waals surface area (Å²) in [6.45, 7) is 8.60. The van der Waals surface area contributed by atoms with Gasteiger partial charge in [0.15, 0.2) is 0 Å². The van der Waals surface area contributed by atoms with E-state index in [0.717, 1.165) is 18.8 Å². The summed E-state index contributed by atoms with van der Waals surface area (Å²) in [4.78, 5) is 2.26. The number of ether oxygens (including phenoxy) is 1. The Balaban J connectivity index is 3.03. The van der Waals surface area contributed by atoms with E-state index in [1.807, 2.05) is 7.05 Å². The number of methoxy groups -OCH3 is 1. The Morgan fingerprint density at radius 1 is 1.28 bits per heavy atom. The molecule has 0 aliphatic rings. The Morgan fingerprint density at radius 2 is 1.94 bits per heavy atom. The second-order valence-corrected chi connectivity index (χ2v) is 5.66. The van der Waals surface area contributed by atoms with E-state index in [-0.39, 0.29) is 5.41 Å². The number of anilines is 1. The minimum Gasteiger partial charge on any atom is -0.496 e. The maximum atomic E-state index is 5.46. The lowest BCUT2D eigenvalue weighted by Crippen LogP contribution is -2.27. The van der Waals surface area contributed by atoms with E-state index < -0.39 is 0 Å². The van der Waals surface area contributed by atoms with E-state index in [1.54, 1.807) is 7.11 Å². The van der Waals surface area contributed by atoms with Crippen LogP contribution in [0.3, 0.4) is 0 Å². The normalized spacial score (nSPS) is 11.4. The third-order valence-corrected chi connectivity index (χ3v) is 3.13. The van der Waals surface area contributed by atoms with Crippen LogP contribution in [0.5, 0.6) is 5.75 Å². The molecule has 0 spiro atoms. The molecule has 1 rings (SSSR count). The molecule has 0 unspecified atom stereocenters. The highest BCUT2D eigenvalue weighted by Gasteiger charge is 2.19. The largest absolute Gasteiger partial charge is 0.496 e. The van der Waals surface area contributed by atoms with Gasteiger partial charge in [-0.25, -0.2) is 0 Å². The Labute approximate surface area is 111 Å². The van der Waals surface area contributed by atoms with Gasteiger partial charge in [-0.3, -0.25) is 0 Å². The van der Waals surface area contributed by atoms with Crippen LogP contribution in [0.4, 0.5) is 5.69 Å². The standard InChI is InChI=1S/C15H26N2O/c1-15(2,3)13-11-12(7-8-14(13)18-6)17(5)10-9-16-4/h7-8,11,16H,9-10H2,1-6H3. The van der Waals surface area contributed by atoms with Crippen molar-refractivity contribution < 1.29 is 4.74 Å². The molecule has 0 aromatic heterocycles. The average Bonchev–Trinajstić information content (AvgIpc) is 2.34. The van der Waals surface area contributed by atoms with Crippen molar-refractivity contribution in [2.45, 2.75) is 26.2 Å².